The van der Waals surface area contributed by atoms with Crippen LogP contribution in [0.5, 0.6) is 0 Å². The summed E-state index contributed by atoms with van der Waals surface area (Å²) in [4.78, 5) is 87.3. The Morgan fingerprint density at radius 3 is 2.12 bits per heavy atom. The first kappa shape index (κ1) is 40.4. The molecule has 1 aromatic heterocycles. The van der Waals surface area contributed by atoms with E-state index < -0.39 is 65.7 Å². The van der Waals surface area contributed by atoms with Crippen molar-refractivity contribution in [2.75, 3.05) is 13.1 Å². The molecule has 3 heterocycles. The minimum absolute atomic E-state index is 0.138. The fourth-order valence-electron chi connectivity index (χ4n) is 6.63. The molecular weight excluding hydrogens is 687 g/mol. The number of carboxylic acid groups (broad SMARTS) is 1. The monoisotopic (exact) mass is 739 g/mol. The number of hydrogen-bond donors (Lipinski definition) is 5. The van der Waals surface area contributed by atoms with Crippen molar-refractivity contribution in [3.8, 4) is 0 Å². The average molecular weight is 740 g/mol. The molecule has 0 saturated carbocycles. The molecule has 2 fully saturated rings. The first-order valence-electron chi connectivity index (χ1n) is 18.3. The quantitative estimate of drug-likeness (QED) is 0.172. The molecule has 8 atom stereocenters. The minimum Gasteiger partial charge on any atom is -0.480 e. The van der Waals surface area contributed by atoms with Gasteiger partial charge in [-0.05, 0) is 50.0 Å². The Kier molecular flexibility index (Phi) is 14.3. The van der Waals surface area contributed by atoms with Gasteiger partial charge in [-0.2, -0.15) is 0 Å². The summed E-state index contributed by atoms with van der Waals surface area (Å²) in [5.74, 6) is -3.73. The first-order valence-corrected chi connectivity index (χ1v) is 19.1. The van der Waals surface area contributed by atoms with E-state index >= 15 is 0 Å². The van der Waals surface area contributed by atoms with Crippen LogP contribution in [0.3, 0.4) is 0 Å². The van der Waals surface area contributed by atoms with Crippen molar-refractivity contribution in [3.05, 3.63) is 52.0 Å². The zero-order chi connectivity index (χ0) is 38.1. The predicted octanol–water partition coefficient (Wildman–Crippen LogP) is 2.63. The molecule has 5 amide bonds. The highest BCUT2D eigenvalue weighted by Crippen LogP contribution is 2.26. The van der Waals surface area contributed by atoms with E-state index in [-0.39, 0.29) is 36.5 Å². The molecule has 0 unspecified atom stereocenters. The number of aromatic nitrogens is 1. The van der Waals surface area contributed by atoms with Crippen LogP contribution in [0, 0.1) is 11.8 Å². The van der Waals surface area contributed by atoms with Crippen molar-refractivity contribution in [2.45, 2.75) is 116 Å². The molecule has 284 valence electrons. The first-order chi connectivity index (χ1) is 24.8. The fraction of sp³-hybridized carbons (Fsp3) is 0.595. The maximum absolute atomic E-state index is 14.2. The van der Waals surface area contributed by atoms with Crippen molar-refractivity contribution in [1.29, 1.82) is 0 Å². The maximum atomic E-state index is 14.2. The van der Waals surface area contributed by atoms with Gasteiger partial charge in [-0.15, -0.1) is 11.3 Å². The van der Waals surface area contributed by atoms with E-state index in [9.17, 15) is 33.9 Å². The lowest BCUT2D eigenvalue weighted by Gasteiger charge is -2.33. The standard InChI is InChI=1S/C37H53N7O7S/c1-6-21(3)29(38)34-41-26(20-52-34)32(46)39-23(5)31(45)40-25(19-24-13-9-8-10-14-24)35(48)43-17-11-15-27(43)33(47)42-30(22(4)7-2)36(49)44-18-12-16-28(44)37(50)51/h8-10,13-14,20-23,25,27-30H,6-7,11-12,15-19,38H2,1-5H3,(H,39,46)(H,40,45)(H,42,47)(H,50,51)/t21-,22-,23-,25-,27-,28-,29-,30-/m0/s1. The van der Waals surface area contributed by atoms with E-state index in [1.165, 1.54) is 28.1 Å². The lowest BCUT2D eigenvalue weighted by Crippen LogP contribution is -2.59. The van der Waals surface area contributed by atoms with Gasteiger partial charge in [0.15, 0.2) is 0 Å². The second-order valence-electron chi connectivity index (χ2n) is 14.0. The zero-order valence-corrected chi connectivity index (χ0v) is 31.5. The van der Waals surface area contributed by atoms with Gasteiger partial charge in [0.2, 0.25) is 23.6 Å². The van der Waals surface area contributed by atoms with Crippen LogP contribution in [0.25, 0.3) is 0 Å². The minimum atomic E-state index is -1.08. The molecule has 14 nitrogen and oxygen atoms in total. The summed E-state index contributed by atoms with van der Waals surface area (Å²) < 4.78 is 0. The number of amides is 5. The van der Waals surface area contributed by atoms with Crippen LogP contribution in [0.1, 0.15) is 100 Å². The molecular formula is C37H53N7O7S. The molecule has 2 saturated heterocycles. The highest BCUT2D eigenvalue weighted by Gasteiger charge is 2.43. The van der Waals surface area contributed by atoms with Crippen LogP contribution in [-0.4, -0.2) is 98.7 Å². The normalized spacial score (nSPS) is 20.7. The number of carboxylic acids is 1. The van der Waals surface area contributed by atoms with Crippen LogP contribution in [0.4, 0.5) is 0 Å². The molecule has 0 bridgehead atoms. The van der Waals surface area contributed by atoms with Gasteiger partial charge >= 0.3 is 5.97 Å². The number of likely N-dealkylation sites (tertiary alicyclic amines) is 2. The number of benzene rings is 1. The molecule has 52 heavy (non-hydrogen) atoms. The van der Waals surface area contributed by atoms with E-state index in [0.29, 0.717) is 43.7 Å². The molecule has 15 heteroatoms. The van der Waals surface area contributed by atoms with Crippen molar-refractivity contribution in [2.24, 2.45) is 17.6 Å². The molecule has 6 N–H and O–H groups in total. The number of aliphatic carboxylic acids is 1. The second-order valence-corrected chi connectivity index (χ2v) is 14.9. The molecule has 0 radical (unpaired) electrons. The Morgan fingerprint density at radius 2 is 1.50 bits per heavy atom. The topological polar surface area (TPSA) is 204 Å². The highest BCUT2D eigenvalue weighted by atomic mass is 32.1. The van der Waals surface area contributed by atoms with Gasteiger partial charge in [0.05, 0.1) is 6.04 Å². The number of hydrogen-bond acceptors (Lipinski definition) is 9. The summed E-state index contributed by atoms with van der Waals surface area (Å²) >= 11 is 1.29. The third-order valence-electron chi connectivity index (χ3n) is 10.4. The van der Waals surface area contributed by atoms with E-state index in [4.69, 9.17) is 5.73 Å². The summed E-state index contributed by atoms with van der Waals surface area (Å²) in [5.41, 5.74) is 7.23. The Hall–Kier alpha value is -4.37. The van der Waals surface area contributed by atoms with Crippen LogP contribution < -0.4 is 21.7 Å². The van der Waals surface area contributed by atoms with Crippen LogP contribution in [0.2, 0.25) is 0 Å². The van der Waals surface area contributed by atoms with Crippen LogP contribution in [-0.2, 0) is 30.4 Å². The van der Waals surface area contributed by atoms with Crippen molar-refractivity contribution >= 4 is 46.8 Å². The van der Waals surface area contributed by atoms with E-state index in [1.54, 1.807) is 5.38 Å². The summed E-state index contributed by atoms with van der Waals surface area (Å²) in [6.07, 6.45) is 3.36. The van der Waals surface area contributed by atoms with E-state index in [1.807, 2.05) is 58.0 Å². The largest absolute Gasteiger partial charge is 0.480 e. The van der Waals surface area contributed by atoms with Gasteiger partial charge < -0.3 is 36.6 Å². The summed E-state index contributed by atoms with van der Waals surface area (Å²) in [5, 5.41) is 20.3. The maximum Gasteiger partial charge on any atom is 0.326 e. The van der Waals surface area contributed by atoms with Gasteiger partial charge in [-0.25, -0.2) is 9.78 Å². The van der Waals surface area contributed by atoms with Crippen LogP contribution in [0.15, 0.2) is 35.7 Å². The van der Waals surface area contributed by atoms with Crippen molar-refractivity contribution < 1.29 is 33.9 Å². The Bertz CT molecular complexity index is 1590. The Labute approximate surface area is 309 Å². The van der Waals surface area contributed by atoms with Gasteiger partial charge in [-0.1, -0.05) is 70.9 Å². The van der Waals surface area contributed by atoms with Crippen LogP contribution >= 0.6 is 11.3 Å². The predicted molar refractivity (Wildman–Crippen MR) is 196 cm³/mol. The highest BCUT2D eigenvalue weighted by molar-refractivity contribution is 7.09. The third-order valence-corrected chi connectivity index (χ3v) is 11.3. The molecule has 2 aromatic rings. The lowest BCUT2D eigenvalue weighted by atomic mass is 9.96. The Balaban J connectivity index is 1.48. The SMILES string of the molecule is CC[C@H](C)[C@H](NC(=O)[C@@H]1CCCN1C(=O)[C@H](Cc1ccccc1)NC(=O)[C@H](C)NC(=O)c1csc([C@@H](N)[C@@H](C)CC)n1)C(=O)N1CCC[C@H]1C(=O)O. The Morgan fingerprint density at radius 1 is 0.885 bits per heavy atom. The van der Waals surface area contributed by atoms with E-state index in [2.05, 4.69) is 20.9 Å². The second kappa shape index (κ2) is 18.4. The van der Waals surface area contributed by atoms with Crippen molar-refractivity contribution in [3.63, 3.8) is 0 Å². The van der Waals surface area contributed by atoms with Crippen molar-refractivity contribution in [1.82, 2.24) is 30.7 Å². The summed E-state index contributed by atoms with van der Waals surface area (Å²) in [6, 6.07) is 3.97. The van der Waals surface area contributed by atoms with Gasteiger partial charge in [0, 0.05) is 24.9 Å². The number of carbonyl (C=O) groups excluding carboxylic acids is 5. The molecule has 2 aliphatic heterocycles. The van der Waals surface area contributed by atoms with E-state index in [0.717, 1.165) is 12.0 Å². The molecule has 4 rings (SSSR count). The summed E-state index contributed by atoms with van der Waals surface area (Å²) in [7, 11) is 0. The lowest BCUT2D eigenvalue weighted by molar-refractivity contribution is -0.150. The third kappa shape index (κ3) is 9.73. The summed E-state index contributed by atoms with van der Waals surface area (Å²) in [6.45, 7) is 9.84. The van der Waals surface area contributed by atoms with Gasteiger partial charge in [-0.3, -0.25) is 24.0 Å². The average Bonchev–Trinajstić information content (AvgIpc) is 3.94. The number of rotatable bonds is 16. The van der Waals surface area contributed by atoms with Gasteiger partial charge in [0.25, 0.3) is 5.91 Å². The van der Waals surface area contributed by atoms with Gasteiger partial charge in [0.1, 0.15) is 40.9 Å². The number of thiazole rings is 1. The molecule has 0 spiro atoms. The number of nitrogens with zero attached hydrogens (tertiary/aromatic N) is 3. The fourth-order valence-corrected chi connectivity index (χ4v) is 7.56. The molecule has 1 aromatic carbocycles. The smallest absolute Gasteiger partial charge is 0.326 e. The number of nitrogens with two attached hydrogens (primary N) is 1. The molecule has 0 aliphatic carbocycles. The zero-order valence-electron chi connectivity index (χ0n) is 30.7. The molecule has 2 aliphatic rings. The number of nitrogens with one attached hydrogen (secondary N) is 3. The number of carbonyl (C=O) groups is 6.